The van der Waals surface area contributed by atoms with Crippen LogP contribution in [0.3, 0.4) is 0 Å². The zero-order valence-electron chi connectivity index (χ0n) is 12.7. The van der Waals surface area contributed by atoms with E-state index < -0.39 is 5.97 Å². The lowest BCUT2D eigenvalue weighted by atomic mass is 10.2. The second-order valence-electron chi connectivity index (χ2n) is 5.27. The zero-order valence-corrected chi connectivity index (χ0v) is 12.7. The van der Waals surface area contributed by atoms with Crippen molar-refractivity contribution in [3.63, 3.8) is 0 Å². The quantitative estimate of drug-likeness (QED) is 0.779. The van der Waals surface area contributed by atoms with Gasteiger partial charge in [0.05, 0.1) is 11.3 Å². The standard InChI is InChI=1S/C17H15N3O3/c1-10-5-4-8-20-14(11(2)18-15(10)20)16(21)19-13-7-3-6-12(9-13)17(22)23/h3-9H,1-2H3,(H,19,21)(H,22,23). The van der Waals surface area contributed by atoms with Crippen molar-refractivity contribution in [2.24, 2.45) is 0 Å². The van der Waals surface area contributed by atoms with Gasteiger partial charge in [0.15, 0.2) is 0 Å². The summed E-state index contributed by atoms with van der Waals surface area (Å²) < 4.78 is 1.74. The molecular weight excluding hydrogens is 294 g/mol. The number of carboxylic acid groups (broad SMARTS) is 1. The number of anilines is 1. The number of imidazole rings is 1. The number of fused-ring (bicyclic) bond motifs is 1. The summed E-state index contributed by atoms with van der Waals surface area (Å²) in [7, 11) is 0. The van der Waals surface area contributed by atoms with E-state index in [1.807, 2.05) is 19.1 Å². The minimum absolute atomic E-state index is 0.119. The fourth-order valence-electron chi connectivity index (χ4n) is 2.51. The molecule has 0 fully saturated rings. The molecule has 0 saturated heterocycles. The number of carbonyl (C=O) groups is 2. The van der Waals surface area contributed by atoms with Gasteiger partial charge < -0.3 is 10.4 Å². The molecule has 2 heterocycles. The molecule has 0 aliphatic carbocycles. The number of nitrogens with one attached hydrogen (secondary N) is 1. The van der Waals surface area contributed by atoms with Crippen LogP contribution < -0.4 is 5.32 Å². The third kappa shape index (κ3) is 2.66. The van der Waals surface area contributed by atoms with E-state index in [9.17, 15) is 9.59 Å². The molecule has 6 heteroatoms. The lowest BCUT2D eigenvalue weighted by Gasteiger charge is -2.07. The van der Waals surface area contributed by atoms with Crippen molar-refractivity contribution in [2.75, 3.05) is 5.32 Å². The number of benzene rings is 1. The van der Waals surface area contributed by atoms with E-state index in [0.29, 0.717) is 17.1 Å². The van der Waals surface area contributed by atoms with E-state index in [0.717, 1.165) is 11.2 Å². The van der Waals surface area contributed by atoms with Gasteiger partial charge in [-0.3, -0.25) is 9.20 Å². The summed E-state index contributed by atoms with van der Waals surface area (Å²) in [6, 6.07) is 9.91. The first kappa shape index (κ1) is 14.8. The highest BCUT2D eigenvalue weighted by atomic mass is 16.4. The van der Waals surface area contributed by atoms with E-state index in [-0.39, 0.29) is 11.5 Å². The molecular formula is C17H15N3O3. The second kappa shape index (κ2) is 5.57. The zero-order chi connectivity index (χ0) is 16.6. The van der Waals surface area contributed by atoms with E-state index in [4.69, 9.17) is 5.11 Å². The third-order valence-corrected chi connectivity index (χ3v) is 3.60. The number of rotatable bonds is 3. The van der Waals surface area contributed by atoms with Crippen LogP contribution in [-0.2, 0) is 0 Å². The maximum absolute atomic E-state index is 12.6. The first-order chi connectivity index (χ1) is 11.0. The number of carboxylic acids is 1. The Kier molecular flexibility index (Phi) is 3.57. The van der Waals surface area contributed by atoms with E-state index in [1.165, 1.54) is 12.1 Å². The van der Waals surface area contributed by atoms with E-state index in [1.54, 1.807) is 29.7 Å². The van der Waals surface area contributed by atoms with Crippen LogP contribution in [0.1, 0.15) is 32.1 Å². The summed E-state index contributed by atoms with van der Waals surface area (Å²) >= 11 is 0. The maximum Gasteiger partial charge on any atom is 0.335 e. The molecule has 3 rings (SSSR count). The molecule has 2 N–H and O–H groups in total. The van der Waals surface area contributed by atoms with Crippen LogP contribution in [0.5, 0.6) is 0 Å². The van der Waals surface area contributed by atoms with Gasteiger partial charge >= 0.3 is 5.97 Å². The van der Waals surface area contributed by atoms with Crippen molar-refractivity contribution in [2.45, 2.75) is 13.8 Å². The lowest BCUT2D eigenvalue weighted by Crippen LogP contribution is -2.16. The highest BCUT2D eigenvalue weighted by Gasteiger charge is 2.17. The molecule has 1 aromatic carbocycles. The number of pyridine rings is 1. The molecule has 2 aromatic heterocycles. The molecule has 0 unspecified atom stereocenters. The fourth-order valence-corrected chi connectivity index (χ4v) is 2.51. The summed E-state index contributed by atoms with van der Waals surface area (Å²) in [6.45, 7) is 3.70. The highest BCUT2D eigenvalue weighted by molar-refractivity contribution is 6.05. The molecule has 0 saturated carbocycles. The number of hydrogen-bond acceptors (Lipinski definition) is 3. The Morgan fingerprint density at radius 1 is 1.17 bits per heavy atom. The summed E-state index contributed by atoms with van der Waals surface area (Å²) in [4.78, 5) is 28.0. The van der Waals surface area contributed by atoms with Crippen molar-refractivity contribution in [3.8, 4) is 0 Å². The SMILES string of the molecule is Cc1nc2c(C)cccn2c1C(=O)Nc1cccc(C(=O)O)c1. The molecule has 116 valence electrons. The second-order valence-corrected chi connectivity index (χ2v) is 5.27. The van der Waals surface area contributed by atoms with Crippen LogP contribution in [0.2, 0.25) is 0 Å². The summed E-state index contributed by atoms with van der Waals surface area (Å²) in [6.07, 6.45) is 1.78. The van der Waals surface area contributed by atoms with Crippen molar-refractivity contribution in [3.05, 3.63) is 65.1 Å². The van der Waals surface area contributed by atoms with Crippen molar-refractivity contribution < 1.29 is 14.7 Å². The van der Waals surface area contributed by atoms with Gasteiger partial charge in [-0.2, -0.15) is 0 Å². The Morgan fingerprint density at radius 2 is 1.96 bits per heavy atom. The van der Waals surface area contributed by atoms with Gasteiger partial charge in [0.2, 0.25) is 0 Å². The van der Waals surface area contributed by atoms with E-state index >= 15 is 0 Å². The highest BCUT2D eigenvalue weighted by Crippen LogP contribution is 2.18. The molecule has 0 atom stereocenters. The minimum atomic E-state index is -1.04. The predicted molar refractivity (Wildman–Crippen MR) is 86.0 cm³/mol. The van der Waals surface area contributed by atoms with Gasteiger partial charge in [-0.15, -0.1) is 0 Å². The van der Waals surface area contributed by atoms with Crippen LogP contribution >= 0.6 is 0 Å². The van der Waals surface area contributed by atoms with Gasteiger partial charge in [-0.1, -0.05) is 12.1 Å². The largest absolute Gasteiger partial charge is 0.478 e. The van der Waals surface area contributed by atoms with Crippen molar-refractivity contribution in [1.29, 1.82) is 0 Å². The topological polar surface area (TPSA) is 83.7 Å². The molecule has 0 radical (unpaired) electrons. The number of nitrogens with zero attached hydrogens (tertiary/aromatic N) is 2. The third-order valence-electron chi connectivity index (χ3n) is 3.60. The minimum Gasteiger partial charge on any atom is -0.478 e. The Hall–Kier alpha value is -3.15. The Balaban J connectivity index is 1.98. The number of aromatic nitrogens is 2. The lowest BCUT2D eigenvalue weighted by molar-refractivity contribution is 0.0696. The molecule has 6 nitrogen and oxygen atoms in total. The summed E-state index contributed by atoms with van der Waals surface area (Å²) in [5.74, 6) is -1.37. The number of amides is 1. The average molecular weight is 309 g/mol. The number of hydrogen-bond donors (Lipinski definition) is 2. The summed E-state index contributed by atoms with van der Waals surface area (Å²) in [5, 5.41) is 11.7. The smallest absolute Gasteiger partial charge is 0.335 e. The molecule has 0 aliphatic rings. The van der Waals surface area contributed by atoms with Gasteiger partial charge in [-0.05, 0) is 43.7 Å². The van der Waals surface area contributed by atoms with Crippen molar-refractivity contribution in [1.82, 2.24) is 9.38 Å². The molecule has 0 bridgehead atoms. The summed E-state index contributed by atoms with van der Waals surface area (Å²) in [5.41, 5.74) is 3.30. The normalized spacial score (nSPS) is 10.7. The predicted octanol–water partition coefficient (Wildman–Crippen LogP) is 2.90. The number of aryl methyl sites for hydroxylation is 2. The Labute approximate surface area is 132 Å². The van der Waals surface area contributed by atoms with Crippen LogP contribution in [0, 0.1) is 13.8 Å². The molecule has 3 aromatic rings. The van der Waals surface area contributed by atoms with Crippen LogP contribution in [0.25, 0.3) is 5.65 Å². The van der Waals surface area contributed by atoms with Crippen LogP contribution in [0.15, 0.2) is 42.6 Å². The van der Waals surface area contributed by atoms with Gasteiger partial charge in [0, 0.05) is 11.9 Å². The Bertz CT molecular complexity index is 928. The van der Waals surface area contributed by atoms with Crippen LogP contribution in [0.4, 0.5) is 5.69 Å². The maximum atomic E-state index is 12.6. The van der Waals surface area contributed by atoms with Gasteiger partial charge in [0.1, 0.15) is 11.3 Å². The van der Waals surface area contributed by atoms with Gasteiger partial charge in [-0.25, -0.2) is 9.78 Å². The average Bonchev–Trinajstić information content (AvgIpc) is 2.85. The van der Waals surface area contributed by atoms with Gasteiger partial charge in [0.25, 0.3) is 5.91 Å². The molecule has 0 spiro atoms. The first-order valence-electron chi connectivity index (χ1n) is 7.06. The monoisotopic (exact) mass is 309 g/mol. The fraction of sp³-hybridized carbons (Fsp3) is 0.118. The molecule has 23 heavy (non-hydrogen) atoms. The van der Waals surface area contributed by atoms with E-state index in [2.05, 4.69) is 10.3 Å². The number of aromatic carboxylic acids is 1. The molecule has 0 aliphatic heterocycles. The first-order valence-corrected chi connectivity index (χ1v) is 7.06. The Morgan fingerprint density at radius 3 is 2.70 bits per heavy atom. The number of carbonyl (C=O) groups excluding carboxylic acids is 1. The van der Waals surface area contributed by atoms with Crippen LogP contribution in [-0.4, -0.2) is 26.4 Å². The molecule has 1 amide bonds. The van der Waals surface area contributed by atoms with Crippen molar-refractivity contribution >= 4 is 23.2 Å².